The number of unbranched alkanes of at least 4 members (excludes halogenated alkanes) is 9. The summed E-state index contributed by atoms with van der Waals surface area (Å²) in [6.07, 6.45) is 19.0. The standard InChI is InChI=1S/C45H62N2/c1-4-7-10-13-16-43(35-19-23-37(24-20-35)44(17-14-11-8-5-2)39-27-31-41(46)32-28-39)36-21-25-38(26-22-36)45(18-15-12-9-6-3)40-29-33-42(47)34-30-40/h19-34,43-45H,4-18,46-47H2,1-3H3. The maximum Gasteiger partial charge on any atom is 0.0314 e. The van der Waals surface area contributed by atoms with Crippen LogP contribution in [0.25, 0.3) is 0 Å². The number of hydrogen-bond acceptors (Lipinski definition) is 2. The lowest BCUT2D eigenvalue weighted by Crippen LogP contribution is -2.06. The molecule has 0 bridgehead atoms. The Balaban J connectivity index is 1.58. The van der Waals surface area contributed by atoms with E-state index in [9.17, 15) is 0 Å². The fourth-order valence-corrected chi connectivity index (χ4v) is 7.28. The Labute approximate surface area is 287 Å². The van der Waals surface area contributed by atoms with Gasteiger partial charge in [-0.2, -0.15) is 0 Å². The summed E-state index contributed by atoms with van der Waals surface area (Å²) < 4.78 is 0. The van der Waals surface area contributed by atoms with Crippen LogP contribution in [0.4, 0.5) is 11.4 Å². The fraction of sp³-hybridized carbons (Fsp3) is 0.467. The Hall–Kier alpha value is -3.52. The lowest BCUT2D eigenvalue weighted by Gasteiger charge is -2.23. The van der Waals surface area contributed by atoms with E-state index in [1.807, 2.05) is 0 Å². The van der Waals surface area contributed by atoms with Crippen molar-refractivity contribution in [1.29, 1.82) is 0 Å². The Morgan fingerprint density at radius 2 is 0.532 bits per heavy atom. The number of nitrogen functional groups attached to an aromatic ring is 2. The molecular formula is C45H62N2. The normalized spacial score (nSPS) is 13.3. The van der Waals surface area contributed by atoms with Crippen LogP contribution in [-0.2, 0) is 0 Å². The van der Waals surface area contributed by atoms with Gasteiger partial charge in [-0.25, -0.2) is 0 Å². The van der Waals surface area contributed by atoms with Crippen molar-refractivity contribution in [3.63, 3.8) is 0 Å². The Morgan fingerprint density at radius 1 is 0.319 bits per heavy atom. The molecule has 2 unspecified atom stereocenters. The molecule has 2 nitrogen and oxygen atoms in total. The van der Waals surface area contributed by atoms with Crippen LogP contribution in [0.1, 0.15) is 168 Å². The highest BCUT2D eigenvalue weighted by molar-refractivity contribution is 5.45. The second-order valence-corrected chi connectivity index (χ2v) is 13.9. The largest absolute Gasteiger partial charge is 0.399 e. The molecule has 0 radical (unpaired) electrons. The van der Waals surface area contributed by atoms with Crippen LogP contribution < -0.4 is 11.5 Å². The number of nitrogens with two attached hydrogens (primary N) is 2. The molecule has 0 heterocycles. The predicted octanol–water partition coefficient (Wildman–Crippen LogP) is 13.2. The third-order valence-corrected chi connectivity index (χ3v) is 10.2. The van der Waals surface area contributed by atoms with Gasteiger partial charge in [0.2, 0.25) is 0 Å². The molecule has 0 aliphatic rings. The van der Waals surface area contributed by atoms with Gasteiger partial charge in [-0.1, -0.05) is 171 Å². The first-order chi connectivity index (χ1) is 23.0. The first-order valence-electron chi connectivity index (χ1n) is 18.9. The van der Waals surface area contributed by atoms with Gasteiger partial charge in [0.1, 0.15) is 0 Å². The zero-order valence-corrected chi connectivity index (χ0v) is 29.7. The van der Waals surface area contributed by atoms with Crippen LogP contribution in [0.3, 0.4) is 0 Å². The van der Waals surface area contributed by atoms with Gasteiger partial charge in [-0.3, -0.25) is 0 Å². The molecule has 0 saturated heterocycles. The molecule has 0 aliphatic heterocycles. The van der Waals surface area contributed by atoms with Crippen LogP contribution in [0, 0.1) is 0 Å². The molecule has 0 aliphatic carbocycles. The first kappa shape index (κ1) is 36.3. The van der Waals surface area contributed by atoms with Crippen molar-refractivity contribution < 1.29 is 0 Å². The van der Waals surface area contributed by atoms with Crippen molar-refractivity contribution >= 4 is 11.4 Å². The molecule has 47 heavy (non-hydrogen) atoms. The number of anilines is 2. The van der Waals surface area contributed by atoms with Gasteiger partial charge in [0, 0.05) is 29.1 Å². The molecule has 0 spiro atoms. The molecule has 4 N–H and O–H groups in total. The predicted molar refractivity (Wildman–Crippen MR) is 206 cm³/mol. The molecule has 0 saturated carbocycles. The average Bonchev–Trinajstić information content (AvgIpc) is 3.10. The molecule has 2 atom stereocenters. The van der Waals surface area contributed by atoms with Gasteiger partial charge < -0.3 is 11.5 Å². The third-order valence-electron chi connectivity index (χ3n) is 10.2. The number of hydrogen-bond donors (Lipinski definition) is 2. The summed E-state index contributed by atoms with van der Waals surface area (Å²) in [4.78, 5) is 0. The topological polar surface area (TPSA) is 52.0 Å². The average molecular weight is 631 g/mol. The molecule has 4 rings (SSSR count). The zero-order chi connectivity index (χ0) is 33.3. The highest BCUT2D eigenvalue weighted by atomic mass is 14.5. The molecule has 0 amide bonds. The Bertz CT molecular complexity index is 1280. The van der Waals surface area contributed by atoms with Crippen LogP contribution >= 0.6 is 0 Å². The molecule has 0 fully saturated rings. The quantitative estimate of drug-likeness (QED) is 0.0711. The van der Waals surface area contributed by atoms with E-state index in [2.05, 4.69) is 118 Å². The minimum Gasteiger partial charge on any atom is -0.399 e. The van der Waals surface area contributed by atoms with Crippen LogP contribution in [0.2, 0.25) is 0 Å². The van der Waals surface area contributed by atoms with E-state index in [0.29, 0.717) is 17.8 Å². The maximum atomic E-state index is 6.06. The van der Waals surface area contributed by atoms with Gasteiger partial charge in [0.05, 0.1) is 0 Å². The van der Waals surface area contributed by atoms with E-state index in [1.165, 1.54) is 130 Å². The van der Waals surface area contributed by atoms with Gasteiger partial charge in [0.15, 0.2) is 0 Å². The molecule has 4 aromatic rings. The van der Waals surface area contributed by atoms with E-state index in [0.717, 1.165) is 11.4 Å². The molecular weight excluding hydrogens is 569 g/mol. The van der Waals surface area contributed by atoms with Gasteiger partial charge in [-0.15, -0.1) is 0 Å². The van der Waals surface area contributed by atoms with Crippen molar-refractivity contribution in [3.05, 3.63) is 130 Å². The second kappa shape index (κ2) is 20.0. The van der Waals surface area contributed by atoms with E-state index < -0.39 is 0 Å². The number of rotatable bonds is 21. The minimum atomic E-state index is 0.409. The van der Waals surface area contributed by atoms with Crippen molar-refractivity contribution in [1.82, 2.24) is 0 Å². The summed E-state index contributed by atoms with van der Waals surface area (Å²) in [5, 5.41) is 0. The summed E-state index contributed by atoms with van der Waals surface area (Å²) in [6, 6.07) is 36.5. The van der Waals surface area contributed by atoms with Gasteiger partial charge in [0.25, 0.3) is 0 Å². The molecule has 2 heteroatoms. The number of benzene rings is 4. The van der Waals surface area contributed by atoms with Crippen LogP contribution in [0.5, 0.6) is 0 Å². The van der Waals surface area contributed by atoms with Gasteiger partial charge >= 0.3 is 0 Å². The highest BCUT2D eigenvalue weighted by Gasteiger charge is 2.19. The van der Waals surface area contributed by atoms with Crippen molar-refractivity contribution in [2.75, 3.05) is 11.5 Å². The molecule has 0 aromatic heterocycles. The third kappa shape index (κ3) is 11.3. The van der Waals surface area contributed by atoms with E-state index >= 15 is 0 Å². The summed E-state index contributed by atoms with van der Waals surface area (Å²) in [5.74, 6) is 1.23. The monoisotopic (exact) mass is 630 g/mol. The van der Waals surface area contributed by atoms with E-state index in [4.69, 9.17) is 11.5 Å². The second-order valence-electron chi connectivity index (χ2n) is 13.9. The summed E-state index contributed by atoms with van der Waals surface area (Å²) in [6.45, 7) is 6.87. The Kier molecular flexibility index (Phi) is 15.4. The van der Waals surface area contributed by atoms with E-state index in [-0.39, 0.29) is 0 Å². The summed E-state index contributed by atoms with van der Waals surface area (Å²) >= 11 is 0. The SMILES string of the molecule is CCCCCCC(c1ccc(N)cc1)c1ccc(C(CCCCCC)c2ccc(C(CCCCCC)c3ccc(N)cc3)cc2)cc1. The fourth-order valence-electron chi connectivity index (χ4n) is 7.28. The van der Waals surface area contributed by atoms with Gasteiger partial charge in [-0.05, 0) is 76.9 Å². The van der Waals surface area contributed by atoms with Crippen LogP contribution in [-0.4, -0.2) is 0 Å². The zero-order valence-electron chi connectivity index (χ0n) is 29.7. The lowest BCUT2D eigenvalue weighted by atomic mass is 9.82. The molecule has 252 valence electrons. The lowest BCUT2D eigenvalue weighted by molar-refractivity contribution is 0.590. The van der Waals surface area contributed by atoms with E-state index in [1.54, 1.807) is 0 Å². The summed E-state index contributed by atoms with van der Waals surface area (Å²) in [7, 11) is 0. The van der Waals surface area contributed by atoms with Crippen molar-refractivity contribution in [2.24, 2.45) is 0 Å². The van der Waals surface area contributed by atoms with Crippen molar-refractivity contribution in [2.45, 2.75) is 135 Å². The summed E-state index contributed by atoms with van der Waals surface area (Å²) in [5.41, 5.74) is 22.3. The minimum absolute atomic E-state index is 0.409. The van der Waals surface area contributed by atoms with Crippen LogP contribution in [0.15, 0.2) is 97.1 Å². The molecule has 4 aromatic carbocycles. The first-order valence-corrected chi connectivity index (χ1v) is 18.9. The highest BCUT2D eigenvalue weighted by Crippen LogP contribution is 2.37. The Morgan fingerprint density at radius 3 is 0.745 bits per heavy atom. The van der Waals surface area contributed by atoms with Crippen molar-refractivity contribution in [3.8, 4) is 0 Å². The maximum absolute atomic E-state index is 6.06. The smallest absolute Gasteiger partial charge is 0.0314 e.